The molecule has 0 aromatic heterocycles. The number of carbonyl (C=O) groups is 2. The maximum atomic E-state index is 13.4. The van der Waals surface area contributed by atoms with Crippen LogP contribution in [0.15, 0.2) is 48.5 Å². The van der Waals surface area contributed by atoms with Crippen LogP contribution in [-0.2, 0) is 22.4 Å². The van der Waals surface area contributed by atoms with Crippen molar-refractivity contribution in [3.63, 3.8) is 0 Å². The highest BCUT2D eigenvalue weighted by atomic mass is 19.1. The Bertz CT molecular complexity index is 668. The molecule has 0 bridgehead atoms. The molecule has 2 aromatic rings. The van der Waals surface area contributed by atoms with Gasteiger partial charge in [0, 0.05) is 13.0 Å². The summed E-state index contributed by atoms with van der Waals surface area (Å²) in [5.41, 5.74) is 2.12. The fourth-order valence-electron chi connectivity index (χ4n) is 2.08. The first-order valence-corrected chi connectivity index (χ1v) is 7.16. The molecular formula is C18H18FNO2. The second-order valence-electron chi connectivity index (χ2n) is 5.17. The van der Waals surface area contributed by atoms with Crippen LogP contribution in [0.25, 0.3) is 0 Å². The number of hydrogen-bond acceptors (Lipinski definition) is 2. The molecule has 2 rings (SSSR count). The number of halogens is 1. The van der Waals surface area contributed by atoms with E-state index in [-0.39, 0.29) is 12.2 Å². The monoisotopic (exact) mass is 299 g/mol. The SMILES string of the molecule is Cc1ccc(CC(=O)C(=O)NCCc2ccccc2)cc1F. The average Bonchev–Trinajstić information content (AvgIpc) is 2.52. The molecule has 1 amide bonds. The fraction of sp³-hybridized carbons (Fsp3) is 0.222. The van der Waals surface area contributed by atoms with E-state index in [2.05, 4.69) is 5.32 Å². The topological polar surface area (TPSA) is 46.2 Å². The number of nitrogens with one attached hydrogen (secondary N) is 1. The summed E-state index contributed by atoms with van der Waals surface area (Å²) >= 11 is 0. The lowest BCUT2D eigenvalue weighted by Crippen LogP contribution is -2.33. The van der Waals surface area contributed by atoms with Gasteiger partial charge in [0.2, 0.25) is 5.78 Å². The fourth-order valence-corrected chi connectivity index (χ4v) is 2.08. The maximum absolute atomic E-state index is 13.4. The van der Waals surface area contributed by atoms with Gasteiger partial charge in [-0.25, -0.2) is 4.39 Å². The van der Waals surface area contributed by atoms with Crippen molar-refractivity contribution < 1.29 is 14.0 Å². The van der Waals surface area contributed by atoms with Gasteiger partial charge < -0.3 is 5.32 Å². The highest BCUT2D eigenvalue weighted by Crippen LogP contribution is 2.10. The molecule has 0 heterocycles. The van der Waals surface area contributed by atoms with Crippen molar-refractivity contribution in [3.8, 4) is 0 Å². The van der Waals surface area contributed by atoms with E-state index < -0.39 is 11.7 Å². The Morgan fingerprint density at radius 2 is 1.77 bits per heavy atom. The normalized spacial score (nSPS) is 10.3. The summed E-state index contributed by atoms with van der Waals surface area (Å²) in [5.74, 6) is -1.55. The van der Waals surface area contributed by atoms with E-state index >= 15 is 0 Å². The first-order chi connectivity index (χ1) is 10.6. The van der Waals surface area contributed by atoms with Gasteiger partial charge in [-0.15, -0.1) is 0 Å². The van der Waals surface area contributed by atoms with Crippen LogP contribution in [0, 0.1) is 12.7 Å². The highest BCUT2D eigenvalue weighted by Gasteiger charge is 2.14. The molecule has 22 heavy (non-hydrogen) atoms. The third-order valence-corrected chi connectivity index (χ3v) is 3.40. The van der Waals surface area contributed by atoms with Crippen molar-refractivity contribution in [2.24, 2.45) is 0 Å². The van der Waals surface area contributed by atoms with Crippen molar-refractivity contribution in [1.29, 1.82) is 0 Å². The van der Waals surface area contributed by atoms with Crippen LogP contribution in [0.4, 0.5) is 4.39 Å². The second-order valence-corrected chi connectivity index (χ2v) is 5.17. The van der Waals surface area contributed by atoms with Crippen LogP contribution in [-0.4, -0.2) is 18.2 Å². The Kier molecular flexibility index (Phi) is 5.42. The smallest absolute Gasteiger partial charge is 0.287 e. The standard InChI is InChI=1S/C18H18FNO2/c1-13-7-8-15(11-16(13)19)12-17(21)18(22)20-10-9-14-5-3-2-4-6-14/h2-8,11H,9-10,12H2,1H3,(H,20,22). The minimum absolute atomic E-state index is 0.0889. The van der Waals surface area contributed by atoms with Crippen LogP contribution in [0.5, 0.6) is 0 Å². The summed E-state index contributed by atoms with van der Waals surface area (Å²) in [5, 5.41) is 2.59. The minimum Gasteiger partial charge on any atom is -0.349 e. The number of rotatable bonds is 6. The van der Waals surface area contributed by atoms with Crippen molar-refractivity contribution in [2.45, 2.75) is 19.8 Å². The minimum atomic E-state index is -0.628. The number of aryl methyl sites for hydroxylation is 1. The van der Waals surface area contributed by atoms with Gasteiger partial charge in [0.05, 0.1) is 0 Å². The number of Topliss-reactive ketones (excluding diaryl/α,β-unsaturated/α-hetero) is 1. The molecule has 0 spiro atoms. The zero-order valence-corrected chi connectivity index (χ0v) is 12.4. The summed E-state index contributed by atoms with van der Waals surface area (Å²) in [4.78, 5) is 23.6. The van der Waals surface area contributed by atoms with Crippen LogP contribution in [0.1, 0.15) is 16.7 Å². The molecule has 0 fully saturated rings. The molecule has 0 radical (unpaired) electrons. The van der Waals surface area contributed by atoms with Gasteiger partial charge in [-0.05, 0) is 36.1 Å². The van der Waals surface area contributed by atoms with E-state index in [1.54, 1.807) is 19.1 Å². The summed E-state index contributed by atoms with van der Waals surface area (Å²) in [6.45, 7) is 2.05. The predicted octanol–water partition coefficient (Wildman–Crippen LogP) is 2.60. The first kappa shape index (κ1) is 15.9. The molecule has 3 nitrogen and oxygen atoms in total. The van der Waals surface area contributed by atoms with Gasteiger partial charge in [-0.1, -0.05) is 42.5 Å². The molecule has 0 atom stereocenters. The predicted molar refractivity (Wildman–Crippen MR) is 83.0 cm³/mol. The molecule has 0 aliphatic heterocycles. The first-order valence-electron chi connectivity index (χ1n) is 7.16. The number of hydrogen-bond donors (Lipinski definition) is 1. The molecule has 1 N–H and O–H groups in total. The molecule has 0 saturated carbocycles. The molecule has 2 aromatic carbocycles. The molecule has 114 valence electrons. The van der Waals surface area contributed by atoms with Crippen molar-refractivity contribution in [1.82, 2.24) is 5.32 Å². The Morgan fingerprint density at radius 3 is 2.45 bits per heavy atom. The summed E-state index contributed by atoms with van der Waals surface area (Å²) in [6.07, 6.45) is 0.577. The largest absolute Gasteiger partial charge is 0.349 e. The van der Waals surface area contributed by atoms with Crippen molar-refractivity contribution in [2.75, 3.05) is 6.54 Å². The lowest BCUT2D eigenvalue weighted by Gasteiger charge is -2.05. The van der Waals surface area contributed by atoms with Gasteiger partial charge in [0.15, 0.2) is 0 Å². The van der Waals surface area contributed by atoms with Crippen LogP contribution >= 0.6 is 0 Å². The summed E-state index contributed by atoms with van der Waals surface area (Å²) in [7, 11) is 0. The lowest BCUT2D eigenvalue weighted by molar-refractivity contribution is -0.137. The average molecular weight is 299 g/mol. The quantitative estimate of drug-likeness (QED) is 0.833. The zero-order valence-electron chi connectivity index (χ0n) is 12.4. The van der Waals surface area contributed by atoms with E-state index in [1.165, 1.54) is 6.07 Å². The van der Waals surface area contributed by atoms with Crippen LogP contribution in [0.3, 0.4) is 0 Å². The van der Waals surface area contributed by atoms with Crippen LogP contribution < -0.4 is 5.32 Å². The molecule has 0 aliphatic carbocycles. The Hall–Kier alpha value is -2.49. The van der Waals surface area contributed by atoms with E-state index in [0.717, 1.165) is 5.56 Å². The number of carbonyl (C=O) groups excluding carboxylic acids is 2. The van der Waals surface area contributed by atoms with E-state index in [9.17, 15) is 14.0 Å². The van der Waals surface area contributed by atoms with Crippen LogP contribution in [0.2, 0.25) is 0 Å². The third kappa shape index (κ3) is 4.52. The van der Waals surface area contributed by atoms with Crippen molar-refractivity contribution >= 4 is 11.7 Å². The maximum Gasteiger partial charge on any atom is 0.287 e. The summed E-state index contributed by atoms with van der Waals surface area (Å²) in [6, 6.07) is 14.3. The molecule has 0 unspecified atom stereocenters. The van der Waals surface area contributed by atoms with E-state index in [1.807, 2.05) is 30.3 Å². The number of ketones is 1. The lowest BCUT2D eigenvalue weighted by atomic mass is 10.1. The Balaban J connectivity index is 1.82. The van der Waals surface area contributed by atoms with Gasteiger partial charge in [0.1, 0.15) is 5.82 Å². The molecular weight excluding hydrogens is 281 g/mol. The Labute approximate surface area is 129 Å². The zero-order chi connectivity index (χ0) is 15.9. The molecule has 0 saturated heterocycles. The van der Waals surface area contributed by atoms with Gasteiger partial charge in [-0.3, -0.25) is 9.59 Å². The summed E-state index contributed by atoms with van der Waals surface area (Å²) < 4.78 is 13.4. The van der Waals surface area contributed by atoms with E-state index in [4.69, 9.17) is 0 Å². The second kappa shape index (κ2) is 7.50. The van der Waals surface area contributed by atoms with Gasteiger partial charge >= 0.3 is 0 Å². The molecule has 0 aliphatic rings. The Morgan fingerprint density at radius 1 is 1.05 bits per heavy atom. The van der Waals surface area contributed by atoms with Gasteiger partial charge in [-0.2, -0.15) is 0 Å². The third-order valence-electron chi connectivity index (χ3n) is 3.40. The highest BCUT2D eigenvalue weighted by molar-refractivity contribution is 6.36. The number of amides is 1. The van der Waals surface area contributed by atoms with Gasteiger partial charge in [0.25, 0.3) is 5.91 Å². The number of benzene rings is 2. The molecule has 4 heteroatoms. The van der Waals surface area contributed by atoms with E-state index in [0.29, 0.717) is 24.1 Å². The van der Waals surface area contributed by atoms with Crippen molar-refractivity contribution in [3.05, 3.63) is 71.0 Å².